The summed E-state index contributed by atoms with van der Waals surface area (Å²) < 4.78 is 25.3. The number of nitrogens with one attached hydrogen (secondary N) is 4. The predicted octanol–water partition coefficient (Wildman–Crippen LogP) is 2.04. The molecule has 0 atom stereocenters. The summed E-state index contributed by atoms with van der Waals surface area (Å²) >= 11 is 5.78. The van der Waals surface area contributed by atoms with E-state index in [1.54, 1.807) is 24.3 Å². The van der Waals surface area contributed by atoms with E-state index in [0.29, 0.717) is 16.4 Å². The zero-order valence-corrected chi connectivity index (χ0v) is 17.1. The van der Waals surface area contributed by atoms with Crippen LogP contribution in [0, 0.1) is 0 Å². The molecule has 0 bridgehead atoms. The van der Waals surface area contributed by atoms with Crippen molar-refractivity contribution < 1.29 is 22.8 Å². The maximum Gasteiger partial charge on any atom is 0.253 e. The van der Waals surface area contributed by atoms with Crippen LogP contribution in [-0.2, 0) is 19.6 Å². The lowest BCUT2D eigenvalue weighted by molar-refractivity contribution is -0.115. The molecule has 2 rings (SSSR count). The second-order valence-electron chi connectivity index (χ2n) is 6.05. The Balaban J connectivity index is 2.13. The molecule has 0 unspecified atom stereocenters. The Hall–Kier alpha value is -3.11. The van der Waals surface area contributed by atoms with Crippen LogP contribution < -0.4 is 20.7 Å². The molecule has 2 aromatic carbocycles. The summed E-state index contributed by atoms with van der Waals surface area (Å²) in [7, 11) is -3.65. The fraction of sp³-hybridized carbons (Fsp3) is 0.167. The van der Waals surface area contributed by atoms with Crippen molar-refractivity contribution >= 4 is 56.4 Å². The number of carbonyl (C=O) groups is 3. The summed E-state index contributed by atoms with van der Waals surface area (Å²) in [6.07, 6.45) is 0.940. The number of hydrogen-bond donors (Lipinski definition) is 4. The van der Waals surface area contributed by atoms with Crippen LogP contribution in [0.2, 0.25) is 5.02 Å². The molecule has 3 amide bonds. The first-order chi connectivity index (χ1) is 13.5. The summed E-state index contributed by atoms with van der Waals surface area (Å²) in [5.41, 5.74) is 0.756. The Bertz CT molecular complexity index is 1040. The molecule has 4 N–H and O–H groups in total. The lowest BCUT2D eigenvalue weighted by Gasteiger charge is -2.13. The molecule has 0 saturated heterocycles. The molecule has 2 aromatic rings. The van der Waals surface area contributed by atoms with Gasteiger partial charge in [-0.25, -0.2) is 8.42 Å². The van der Waals surface area contributed by atoms with Crippen molar-refractivity contribution in [2.45, 2.75) is 6.92 Å². The molecule has 0 heterocycles. The third kappa shape index (κ3) is 7.43. The minimum atomic E-state index is -3.65. The molecule has 0 aliphatic heterocycles. The van der Waals surface area contributed by atoms with Gasteiger partial charge in [0.1, 0.15) is 0 Å². The number of rotatable bonds is 7. The van der Waals surface area contributed by atoms with E-state index in [1.165, 1.54) is 25.1 Å². The third-order valence-corrected chi connectivity index (χ3v) is 4.26. The predicted molar refractivity (Wildman–Crippen MR) is 112 cm³/mol. The molecule has 0 aliphatic rings. The van der Waals surface area contributed by atoms with E-state index in [-0.39, 0.29) is 23.7 Å². The van der Waals surface area contributed by atoms with Crippen LogP contribution in [0.25, 0.3) is 0 Å². The highest BCUT2D eigenvalue weighted by atomic mass is 35.5. The Labute approximate surface area is 172 Å². The standard InChI is InChI=1S/C18H19ClN4O5S/c1-11(24)21-14-7-8-16(23-29(2,27)28)15(9-14)18(26)20-10-17(25)22-13-5-3-12(19)4-6-13/h3-9,23H,10H2,1-2H3,(H,20,26)(H,21,24)(H,22,25). The van der Waals surface area contributed by atoms with Gasteiger partial charge in [0.05, 0.1) is 24.1 Å². The van der Waals surface area contributed by atoms with Gasteiger partial charge in [-0.1, -0.05) is 11.6 Å². The minimum absolute atomic E-state index is 0.0113. The molecule has 9 nitrogen and oxygen atoms in total. The Morgan fingerprint density at radius 3 is 2.17 bits per heavy atom. The van der Waals surface area contributed by atoms with Crippen molar-refractivity contribution in [2.75, 3.05) is 28.2 Å². The molecule has 0 aromatic heterocycles. The van der Waals surface area contributed by atoms with Gasteiger partial charge in [0.15, 0.2) is 0 Å². The van der Waals surface area contributed by atoms with E-state index in [4.69, 9.17) is 11.6 Å². The Morgan fingerprint density at radius 2 is 1.59 bits per heavy atom. The summed E-state index contributed by atoms with van der Waals surface area (Å²) in [5.74, 6) is -1.55. The topological polar surface area (TPSA) is 133 Å². The van der Waals surface area contributed by atoms with Gasteiger partial charge in [0.25, 0.3) is 5.91 Å². The van der Waals surface area contributed by atoms with E-state index in [2.05, 4.69) is 20.7 Å². The quantitative estimate of drug-likeness (QED) is 0.525. The molecule has 0 aliphatic carbocycles. The largest absolute Gasteiger partial charge is 0.343 e. The average Bonchev–Trinajstić information content (AvgIpc) is 2.61. The minimum Gasteiger partial charge on any atom is -0.343 e. The molecule has 0 saturated carbocycles. The van der Waals surface area contributed by atoms with Crippen molar-refractivity contribution in [3.63, 3.8) is 0 Å². The molecule has 29 heavy (non-hydrogen) atoms. The van der Waals surface area contributed by atoms with Gasteiger partial charge >= 0.3 is 0 Å². The summed E-state index contributed by atoms with van der Waals surface area (Å²) in [5, 5.41) is 8.02. The van der Waals surface area contributed by atoms with Crippen molar-refractivity contribution in [1.82, 2.24) is 5.32 Å². The van der Waals surface area contributed by atoms with Crippen molar-refractivity contribution in [3.05, 3.63) is 53.1 Å². The monoisotopic (exact) mass is 438 g/mol. The first-order valence-corrected chi connectivity index (χ1v) is 10.5. The van der Waals surface area contributed by atoms with Crippen LogP contribution in [0.15, 0.2) is 42.5 Å². The smallest absolute Gasteiger partial charge is 0.253 e. The van der Waals surface area contributed by atoms with Crippen LogP contribution >= 0.6 is 11.6 Å². The first-order valence-electron chi connectivity index (χ1n) is 8.26. The number of amides is 3. The highest BCUT2D eigenvalue weighted by Gasteiger charge is 2.16. The van der Waals surface area contributed by atoms with E-state index >= 15 is 0 Å². The van der Waals surface area contributed by atoms with Crippen molar-refractivity contribution in [2.24, 2.45) is 0 Å². The Kier molecular flexibility index (Phi) is 7.18. The SMILES string of the molecule is CC(=O)Nc1ccc(NS(C)(=O)=O)c(C(=O)NCC(=O)Nc2ccc(Cl)cc2)c1. The molecule has 11 heteroatoms. The second kappa shape index (κ2) is 9.39. The number of carbonyl (C=O) groups excluding carboxylic acids is 3. The molecule has 0 fully saturated rings. The summed E-state index contributed by atoms with van der Waals surface area (Å²) in [6.45, 7) is 0.938. The lowest BCUT2D eigenvalue weighted by Crippen LogP contribution is -2.33. The van der Waals surface area contributed by atoms with Crippen LogP contribution in [0.5, 0.6) is 0 Å². The maximum atomic E-state index is 12.5. The van der Waals surface area contributed by atoms with Gasteiger partial charge in [-0.2, -0.15) is 0 Å². The zero-order valence-electron chi connectivity index (χ0n) is 15.6. The van der Waals surface area contributed by atoms with Gasteiger partial charge < -0.3 is 16.0 Å². The van der Waals surface area contributed by atoms with Gasteiger partial charge in [0, 0.05) is 23.3 Å². The molecular weight excluding hydrogens is 420 g/mol. The number of benzene rings is 2. The van der Waals surface area contributed by atoms with Crippen LogP contribution in [-0.4, -0.2) is 38.9 Å². The molecule has 154 valence electrons. The van der Waals surface area contributed by atoms with E-state index in [9.17, 15) is 22.8 Å². The van der Waals surface area contributed by atoms with E-state index < -0.39 is 21.8 Å². The highest BCUT2D eigenvalue weighted by molar-refractivity contribution is 7.92. The lowest BCUT2D eigenvalue weighted by atomic mass is 10.1. The van der Waals surface area contributed by atoms with Gasteiger partial charge in [0.2, 0.25) is 21.8 Å². The number of anilines is 3. The zero-order chi connectivity index (χ0) is 21.6. The van der Waals surface area contributed by atoms with Crippen LogP contribution in [0.1, 0.15) is 17.3 Å². The molecule has 0 spiro atoms. The third-order valence-electron chi connectivity index (χ3n) is 3.42. The van der Waals surface area contributed by atoms with Gasteiger partial charge in [-0.15, -0.1) is 0 Å². The number of halogens is 1. The Morgan fingerprint density at radius 1 is 0.966 bits per heavy atom. The molecule has 0 radical (unpaired) electrons. The van der Waals surface area contributed by atoms with E-state index in [0.717, 1.165) is 6.26 Å². The normalized spacial score (nSPS) is 10.7. The van der Waals surface area contributed by atoms with Gasteiger partial charge in [-0.3, -0.25) is 19.1 Å². The van der Waals surface area contributed by atoms with Gasteiger partial charge in [-0.05, 0) is 42.5 Å². The molecular formula is C18H19ClN4O5S. The fourth-order valence-corrected chi connectivity index (χ4v) is 3.00. The number of hydrogen-bond acceptors (Lipinski definition) is 5. The highest BCUT2D eigenvalue weighted by Crippen LogP contribution is 2.22. The maximum absolute atomic E-state index is 12.5. The average molecular weight is 439 g/mol. The van der Waals surface area contributed by atoms with Crippen molar-refractivity contribution in [1.29, 1.82) is 0 Å². The first kappa shape index (κ1) is 22.2. The second-order valence-corrected chi connectivity index (χ2v) is 8.24. The number of sulfonamides is 1. The van der Waals surface area contributed by atoms with Crippen LogP contribution in [0.3, 0.4) is 0 Å². The van der Waals surface area contributed by atoms with Crippen molar-refractivity contribution in [3.8, 4) is 0 Å². The van der Waals surface area contributed by atoms with E-state index in [1.807, 2.05) is 0 Å². The summed E-state index contributed by atoms with van der Waals surface area (Å²) in [6, 6.07) is 10.5. The summed E-state index contributed by atoms with van der Waals surface area (Å²) in [4.78, 5) is 35.8. The fourth-order valence-electron chi connectivity index (χ4n) is 2.30. The van der Waals surface area contributed by atoms with Crippen LogP contribution in [0.4, 0.5) is 17.1 Å².